The summed E-state index contributed by atoms with van der Waals surface area (Å²) >= 11 is 0. The number of anilines is 1. The van der Waals surface area contributed by atoms with Crippen LogP contribution in [0.25, 0.3) is 0 Å². The minimum Gasteiger partial charge on any atom is -0.369 e. The molecule has 1 aromatic rings. The summed E-state index contributed by atoms with van der Waals surface area (Å²) in [5.74, 6) is 0.169. The molecule has 1 aliphatic heterocycles. The lowest BCUT2D eigenvalue weighted by molar-refractivity contribution is 0.1000. The summed E-state index contributed by atoms with van der Waals surface area (Å²) in [6, 6.07) is 2.38. The number of rotatable bonds is 5. The predicted octanol–water partition coefficient (Wildman–Crippen LogP) is 1.04. The third kappa shape index (κ3) is 2.98. The Morgan fingerprint density at radius 1 is 1.67 bits per heavy atom. The summed E-state index contributed by atoms with van der Waals surface area (Å²) in [7, 11) is 0. The lowest BCUT2D eigenvalue weighted by Gasteiger charge is -2.13. The van der Waals surface area contributed by atoms with Crippen LogP contribution in [0.1, 0.15) is 35.2 Å². The number of pyridine rings is 1. The van der Waals surface area contributed by atoms with E-state index in [4.69, 9.17) is 5.73 Å². The summed E-state index contributed by atoms with van der Waals surface area (Å²) in [5.41, 5.74) is 6.74. The van der Waals surface area contributed by atoms with Crippen LogP contribution >= 0.6 is 0 Å². The minimum absolute atomic E-state index is 0.429. The van der Waals surface area contributed by atoms with E-state index in [0.717, 1.165) is 25.1 Å². The van der Waals surface area contributed by atoms with Crippen molar-refractivity contribution in [3.8, 4) is 0 Å². The zero-order valence-electron chi connectivity index (χ0n) is 10.7. The van der Waals surface area contributed by atoms with Gasteiger partial charge in [0, 0.05) is 18.8 Å². The number of hydrogen-bond donors (Lipinski definition) is 3. The Kier molecular flexibility index (Phi) is 4.15. The number of nitrogens with zero attached hydrogens (tertiary/aromatic N) is 1. The van der Waals surface area contributed by atoms with Crippen LogP contribution < -0.4 is 16.4 Å². The van der Waals surface area contributed by atoms with Gasteiger partial charge in [0.05, 0.1) is 5.56 Å². The number of nitrogens with two attached hydrogens (primary N) is 1. The fraction of sp³-hybridized carbons (Fsp3) is 0.538. The van der Waals surface area contributed by atoms with E-state index in [1.165, 1.54) is 12.8 Å². The molecule has 0 saturated carbocycles. The zero-order valence-corrected chi connectivity index (χ0v) is 10.7. The molecule has 0 aromatic carbocycles. The number of amides is 1. The van der Waals surface area contributed by atoms with E-state index >= 15 is 0 Å². The van der Waals surface area contributed by atoms with Gasteiger partial charge in [0.2, 0.25) is 0 Å². The Balaban J connectivity index is 1.96. The maximum atomic E-state index is 11.4. The van der Waals surface area contributed by atoms with Crippen molar-refractivity contribution in [2.45, 2.75) is 32.2 Å². The molecule has 0 aliphatic carbocycles. The van der Waals surface area contributed by atoms with E-state index in [-0.39, 0.29) is 0 Å². The smallest absolute Gasteiger partial charge is 0.252 e. The molecule has 1 saturated heterocycles. The summed E-state index contributed by atoms with van der Waals surface area (Å²) < 4.78 is 0. The van der Waals surface area contributed by atoms with Gasteiger partial charge in [-0.25, -0.2) is 4.98 Å². The zero-order chi connectivity index (χ0) is 13.0. The molecule has 1 aliphatic rings. The van der Waals surface area contributed by atoms with Crippen LogP contribution in [0.2, 0.25) is 0 Å². The number of carbonyl (C=O) groups excluding carboxylic acids is 1. The molecule has 2 heterocycles. The molecule has 1 atom stereocenters. The standard InChI is InChI=1S/C13H20N4O/c1-9-4-7-16-13(11(9)12(14)18)17-8-5-10-3-2-6-15-10/h4,7,10,15H,2-3,5-6,8H2,1H3,(H2,14,18)(H,16,17)/t10-/m1/s1. The molecule has 0 spiro atoms. The van der Waals surface area contributed by atoms with Gasteiger partial charge in [0.25, 0.3) is 5.91 Å². The Morgan fingerprint density at radius 3 is 3.17 bits per heavy atom. The van der Waals surface area contributed by atoms with E-state index in [1.807, 2.05) is 6.92 Å². The molecule has 0 radical (unpaired) electrons. The third-order valence-electron chi connectivity index (χ3n) is 3.35. The predicted molar refractivity (Wildman–Crippen MR) is 71.6 cm³/mol. The van der Waals surface area contributed by atoms with Crippen molar-refractivity contribution in [3.63, 3.8) is 0 Å². The normalized spacial score (nSPS) is 18.8. The highest BCUT2D eigenvalue weighted by molar-refractivity contribution is 5.98. The Hall–Kier alpha value is -1.62. The van der Waals surface area contributed by atoms with Crippen LogP contribution in [-0.4, -0.2) is 30.0 Å². The first-order valence-corrected chi connectivity index (χ1v) is 6.41. The first-order chi connectivity index (χ1) is 8.68. The van der Waals surface area contributed by atoms with Gasteiger partial charge >= 0.3 is 0 Å². The van der Waals surface area contributed by atoms with Crippen molar-refractivity contribution in [1.82, 2.24) is 10.3 Å². The first-order valence-electron chi connectivity index (χ1n) is 6.41. The number of primary amides is 1. The molecular formula is C13H20N4O. The van der Waals surface area contributed by atoms with Crippen LogP contribution in [-0.2, 0) is 0 Å². The Bertz CT molecular complexity index is 427. The fourth-order valence-electron chi connectivity index (χ4n) is 2.37. The lowest BCUT2D eigenvalue weighted by atomic mass is 10.1. The molecule has 5 heteroatoms. The van der Waals surface area contributed by atoms with Gasteiger partial charge in [-0.1, -0.05) is 0 Å². The van der Waals surface area contributed by atoms with Crippen LogP contribution in [0.3, 0.4) is 0 Å². The average molecular weight is 248 g/mol. The molecule has 98 valence electrons. The monoisotopic (exact) mass is 248 g/mol. The van der Waals surface area contributed by atoms with Gasteiger partial charge in [-0.2, -0.15) is 0 Å². The number of aryl methyl sites for hydroxylation is 1. The van der Waals surface area contributed by atoms with Crippen molar-refractivity contribution in [2.24, 2.45) is 5.73 Å². The van der Waals surface area contributed by atoms with Crippen molar-refractivity contribution in [3.05, 3.63) is 23.4 Å². The molecule has 1 aromatic heterocycles. The average Bonchev–Trinajstić information content (AvgIpc) is 2.81. The molecule has 18 heavy (non-hydrogen) atoms. The molecular weight excluding hydrogens is 228 g/mol. The van der Waals surface area contributed by atoms with Crippen LogP contribution in [0.15, 0.2) is 12.3 Å². The Morgan fingerprint density at radius 2 is 2.50 bits per heavy atom. The number of nitrogens with one attached hydrogen (secondary N) is 2. The van der Waals surface area contributed by atoms with Gasteiger partial charge in [-0.3, -0.25) is 4.79 Å². The quantitative estimate of drug-likeness (QED) is 0.727. The second kappa shape index (κ2) is 5.82. The minimum atomic E-state index is -0.429. The van der Waals surface area contributed by atoms with Crippen molar-refractivity contribution < 1.29 is 4.79 Å². The highest BCUT2D eigenvalue weighted by Gasteiger charge is 2.15. The molecule has 1 fully saturated rings. The van der Waals surface area contributed by atoms with E-state index in [9.17, 15) is 4.79 Å². The molecule has 0 unspecified atom stereocenters. The van der Waals surface area contributed by atoms with Crippen molar-refractivity contribution in [2.75, 3.05) is 18.4 Å². The second-order valence-corrected chi connectivity index (χ2v) is 4.72. The van der Waals surface area contributed by atoms with Gasteiger partial charge in [0.15, 0.2) is 0 Å². The van der Waals surface area contributed by atoms with Crippen molar-refractivity contribution >= 4 is 11.7 Å². The van der Waals surface area contributed by atoms with Gasteiger partial charge in [0.1, 0.15) is 5.82 Å². The molecule has 4 N–H and O–H groups in total. The van der Waals surface area contributed by atoms with E-state index in [1.54, 1.807) is 12.3 Å². The topological polar surface area (TPSA) is 80.0 Å². The van der Waals surface area contributed by atoms with E-state index in [2.05, 4.69) is 15.6 Å². The van der Waals surface area contributed by atoms with E-state index in [0.29, 0.717) is 17.4 Å². The number of aromatic nitrogens is 1. The van der Waals surface area contributed by atoms with Gasteiger partial charge in [-0.05, 0) is 44.4 Å². The fourth-order valence-corrected chi connectivity index (χ4v) is 2.37. The lowest BCUT2D eigenvalue weighted by Crippen LogP contribution is -2.25. The van der Waals surface area contributed by atoms with Crippen molar-refractivity contribution in [1.29, 1.82) is 0 Å². The SMILES string of the molecule is Cc1ccnc(NCC[C@H]2CCCN2)c1C(N)=O. The summed E-state index contributed by atoms with van der Waals surface area (Å²) in [4.78, 5) is 15.6. The molecule has 0 bridgehead atoms. The highest BCUT2D eigenvalue weighted by atomic mass is 16.1. The summed E-state index contributed by atoms with van der Waals surface area (Å²) in [6.45, 7) is 3.78. The van der Waals surface area contributed by atoms with Crippen LogP contribution in [0.5, 0.6) is 0 Å². The van der Waals surface area contributed by atoms with Crippen LogP contribution in [0.4, 0.5) is 5.82 Å². The first kappa shape index (κ1) is 12.8. The van der Waals surface area contributed by atoms with Gasteiger partial charge < -0.3 is 16.4 Å². The highest BCUT2D eigenvalue weighted by Crippen LogP contribution is 2.16. The third-order valence-corrected chi connectivity index (χ3v) is 3.35. The maximum Gasteiger partial charge on any atom is 0.252 e. The second-order valence-electron chi connectivity index (χ2n) is 4.72. The molecule has 5 nitrogen and oxygen atoms in total. The molecule has 2 rings (SSSR count). The molecule has 1 amide bonds. The van der Waals surface area contributed by atoms with Crippen LogP contribution in [0, 0.1) is 6.92 Å². The van der Waals surface area contributed by atoms with E-state index < -0.39 is 5.91 Å². The number of carbonyl (C=O) groups is 1. The Labute approximate surface area is 107 Å². The number of hydrogen-bond acceptors (Lipinski definition) is 4. The summed E-state index contributed by atoms with van der Waals surface area (Å²) in [6.07, 6.45) is 5.21. The maximum absolute atomic E-state index is 11.4. The largest absolute Gasteiger partial charge is 0.369 e. The van der Waals surface area contributed by atoms with Gasteiger partial charge in [-0.15, -0.1) is 0 Å². The summed E-state index contributed by atoms with van der Waals surface area (Å²) in [5, 5.41) is 6.65.